The van der Waals surface area contributed by atoms with E-state index in [1.807, 2.05) is 11.3 Å². The second-order valence-electron chi connectivity index (χ2n) is 7.71. The van der Waals surface area contributed by atoms with Crippen molar-refractivity contribution in [1.82, 2.24) is 5.32 Å². The van der Waals surface area contributed by atoms with Crippen LogP contribution in [0.2, 0.25) is 0 Å². The van der Waals surface area contributed by atoms with Gasteiger partial charge in [-0.2, -0.15) is 0 Å². The van der Waals surface area contributed by atoms with Crippen molar-refractivity contribution in [3.8, 4) is 0 Å². The SMILES string of the molecule is Cc1c(CNC(C)(C)C)sc2ccc(C(C)(C)C)cc12. The fraction of sp³-hybridized carbons (Fsp3) is 0.556. The summed E-state index contributed by atoms with van der Waals surface area (Å²) in [5.74, 6) is 0. The molecule has 0 aliphatic carbocycles. The van der Waals surface area contributed by atoms with Crippen molar-refractivity contribution < 1.29 is 0 Å². The van der Waals surface area contributed by atoms with Crippen LogP contribution >= 0.6 is 11.3 Å². The van der Waals surface area contributed by atoms with Gasteiger partial charge >= 0.3 is 0 Å². The molecule has 1 nitrogen and oxygen atoms in total. The van der Waals surface area contributed by atoms with Crippen LogP contribution in [0.5, 0.6) is 0 Å². The molecule has 2 rings (SSSR count). The molecule has 0 saturated carbocycles. The molecule has 1 aromatic heterocycles. The molecule has 0 atom stereocenters. The smallest absolute Gasteiger partial charge is 0.0349 e. The lowest BCUT2D eigenvalue weighted by Gasteiger charge is -2.20. The van der Waals surface area contributed by atoms with Crippen LogP contribution in [0.25, 0.3) is 10.1 Å². The predicted molar refractivity (Wildman–Crippen MR) is 91.9 cm³/mol. The zero-order chi connectivity index (χ0) is 15.1. The third-order valence-electron chi connectivity index (χ3n) is 3.68. The molecule has 2 aromatic rings. The number of fused-ring (bicyclic) bond motifs is 1. The zero-order valence-electron chi connectivity index (χ0n) is 13.8. The number of hydrogen-bond acceptors (Lipinski definition) is 2. The van der Waals surface area contributed by atoms with Gasteiger partial charge in [0.2, 0.25) is 0 Å². The van der Waals surface area contributed by atoms with Crippen LogP contribution in [0.15, 0.2) is 18.2 Å². The average molecular weight is 289 g/mol. The van der Waals surface area contributed by atoms with Gasteiger partial charge in [0.05, 0.1) is 0 Å². The van der Waals surface area contributed by atoms with Gasteiger partial charge in [0.25, 0.3) is 0 Å². The summed E-state index contributed by atoms with van der Waals surface area (Å²) in [5.41, 5.74) is 3.24. The Morgan fingerprint density at radius 3 is 2.25 bits per heavy atom. The Labute approximate surface area is 127 Å². The molecule has 0 saturated heterocycles. The largest absolute Gasteiger partial charge is 0.307 e. The summed E-state index contributed by atoms with van der Waals surface area (Å²) in [6.07, 6.45) is 0. The number of aryl methyl sites for hydroxylation is 1. The minimum absolute atomic E-state index is 0.166. The van der Waals surface area contributed by atoms with E-state index in [-0.39, 0.29) is 11.0 Å². The maximum Gasteiger partial charge on any atom is 0.0349 e. The Hall–Kier alpha value is -0.860. The number of rotatable bonds is 2. The first-order valence-corrected chi connectivity index (χ1v) is 8.17. The highest BCUT2D eigenvalue weighted by Crippen LogP contribution is 2.34. The highest BCUT2D eigenvalue weighted by Gasteiger charge is 2.17. The van der Waals surface area contributed by atoms with Crippen molar-refractivity contribution in [2.24, 2.45) is 0 Å². The van der Waals surface area contributed by atoms with Gasteiger partial charge in [-0.25, -0.2) is 0 Å². The maximum absolute atomic E-state index is 3.60. The summed E-state index contributed by atoms with van der Waals surface area (Å²) in [7, 11) is 0. The molecule has 0 spiro atoms. The van der Waals surface area contributed by atoms with Crippen molar-refractivity contribution in [2.45, 2.75) is 66.0 Å². The minimum Gasteiger partial charge on any atom is -0.307 e. The third kappa shape index (κ3) is 3.42. The van der Waals surface area contributed by atoms with Gasteiger partial charge in [-0.15, -0.1) is 11.3 Å². The van der Waals surface area contributed by atoms with E-state index in [0.717, 1.165) is 6.54 Å². The van der Waals surface area contributed by atoms with Crippen LogP contribution in [-0.4, -0.2) is 5.54 Å². The van der Waals surface area contributed by atoms with Gasteiger partial charge in [-0.3, -0.25) is 0 Å². The van der Waals surface area contributed by atoms with Gasteiger partial charge in [0.15, 0.2) is 0 Å². The standard InChI is InChI=1S/C18H27NS/c1-12-14-10-13(17(2,3)4)8-9-15(14)20-16(12)11-19-18(5,6)7/h8-10,19H,11H2,1-7H3. The second kappa shape index (κ2) is 5.16. The van der Waals surface area contributed by atoms with Crippen molar-refractivity contribution in [3.05, 3.63) is 34.2 Å². The Kier molecular flexibility index (Phi) is 4.01. The molecule has 0 amide bonds. The first-order chi connectivity index (χ1) is 9.08. The van der Waals surface area contributed by atoms with Crippen LogP contribution in [-0.2, 0) is 12.0 Å². The molecule has 1 N–H and O–H groups in total. The van der Waals surface area contributed by atoms with E-state index in [4.69, 9.17) is 0 Å². The summed E-state index contributed by atoms with van der Waals surface area (Å²) in [6.45, 7) is 16.7. The topological polar surface area (TPSA) is 12.0 Å². The zero-order valence-corrected chi connectivity index (χ0v) is 14.7. The Balaban J connectivity index is 2.38. The van der Waals surface area contributed by atoms with E-state index in [2.05, 4.69) is 72.0 Å². The molecule has 0 radical (unpaired) electrons. The molecule has 0 unspecified atom stereocenters. The number of hydrogen-bond donors (Lipinski definition) is 1. The van der Waals surface area contributed by atoms with E-state index in [9.17, 15) is 0 Å². The molecule has 0 aliphatic rings. The fourth-order valence-electron chi connectivity index (χ4n) is 2.25. The van der Waals surface area contributed by atoms with Gasteiger partial charge in [0, 0.05) is 21.7 Å². The van der Waals surface area contributed by atoms with Crippen molar-refractivity contribution in [3.63, 3.8) is 0 Å². The van der Waals surface area contributed by atoms with Crippen molar-refractivity contribution in [2.75, 3.05) is 0 Å². The first-order valence-electron chi connectivity index (χ1n) is 7.35. The lowest BCUT2D eigenvalue weighted by atomic mass is 9.86. The summed E-state index contributed by atoms with van der Waals surface area (Å²) < 4.78 is 1.40. The summed E-state index contributed by atoms with van der Waals surface area (Å²) >= 11 is 1.92. The van der Waals surface area contributed by atoms with Crippen LogP contribution < -0.4 is 5.32 Å². The molecule has 1 aromatic carbocycles. The predicted octanol–water partition coefficient (Wildman–Crippen LogP) is 5.40. The van der Waals surface area contributed by atoms with E-state index >= 15 is 0 Å². The van der Waals surface area contributed by atoms with E-state index < -0.39 is 0 Å². The van der Waals surface area contributed by atoms with E-state index in [1.165, 1.54) is 26.1 Å². The van der Waals surface area contributed by atoms with E-state index in [0.29, 0.717) is 0 Å². The Morgan fingerprint density at radius 1 is 1.05 bits per heavy atom. The fourth-order valence-corrected chi connectivity index (χ4v) is 3.38. The molecule has 20 heavy (non-hydrogen) atoms. The van der Waals surface area contributed by atoms with Crippen molar-refractivity contribution >= 4 is 21.4 Å². The lowest BCUT2D eigenvalue weighted by Crippen LogP contribution is -2.34. The van der Waals surface area contributed by atoms with Crippen molar-refractivity contribution in [1.29, 1.82) is 0 Å². The highest BCUT2D eigenvalue weighted by molar-refractivity contribution is 7.19. The number of benzene rings is 1. The Morgan fingerprint density at radius 2 is 1.70 bits per heavy atom. The third-order valence-corrected chi connectivity index (χ3v) is 4.95. The first kappa shape index (κ1) is 15.5. The molecule has 0 bridgehead atoms. The average Bonchev–Trinajstić information content (AvgIpc) is 2.61. The van der Waals surface area contributed by atoms with Gasteiger partial charge in [-0.05, 0) is 61.8 Å². The van der Waals surface area contributed by atoms with Crippen LogP contribution in [0.3, 0.4) is 0 Å². The summed E-state index contributed by atoms with van der Waals surface area (Å²) in [4.78, 5) is 1.46. The van der Waals surface area contributed by atoms with Crippen LogP contribution in [0.4, 0.5) is 0 Å². The van der Waals surface area contributed by atoms with Crippen LogP contribution in [0, 0.1) is 6.92 Å². The molecular weight excluding hydrogens is 262 g/mol. The quantitative estimate of drug-likeness (QED) is 0.781. The van der Waals surface area contributed by atoms with Gasteiger partial charge in [-0.1, -0.05) is 26.8 Å². The second-order valence-corrected chi connectivity index (χ2v) is 8.85. The minimum atomic E-state index is 0.166. The molecule has 0 fully saturated rings. The van der Waals surface area contributed by atoms with Crippen LogP contribution in [0.1, 0.15) is 57.5 Å². The molecule has 2 heteroatoms. The van der Waals surface area contributed by atoms with E-state index in [1.54, 1.807) is 0 Å². The molecule has 0 aliphatic heterocycles. The maximum atomic E-state index is 3.60. The molecule has 110 valence electrons. The highest BCUT2D eigenvalue weighted by atomic mass is 32.1. The monoisotopic (exact) mass is 289 g/mol. The summed E-state index contributed by atoms with van der Waals surface area (Å²) in [6, 6.07) is 6.94. The molecule has 1 heterocycles. The Bertz CT molecular complexity index is 609. The van der Waals surface area contributed by atoms with Gasteiger partial charge in [0.1, 0.15) is 0 Å². The molecular formula is C18H27NS. The lowest BCUT2D eigenvalue weighted by molar-refractivity contribution is 0.426. The summed E-state index contributed by atoms with van der Waals surface area (Å²) in [5, 5.41) is 5.02. The number of thiophene rings is 1. The van der Waals surface area contributed by atoms with Gasteiger partial charge < -0.3 is 5.32 Å². The number of nitrogens with one attached hydrogen (secondary N) is 1. The normalized spacial score (nSPS) is 13.2.